The molecule has 0 spiro atoms. The van der Waals surface area contributed by atoms with E-state index in [9.17, 15) is 23.7 Å². The lowest BCUT2D eigenvalue weighted by Gasteiger charge is -2.11. The molecule has 0 fully saturated rings. The number of nitrogens with zero attached hydrogens (tertiary/aromatic N) is 2. The number of esters is 1. The summed E-state index contributed by atoms with van der Waals surface area (Å²) in [7, 11) is -4.25. The van der Waals surface area contributed by atoms with Gasteiger partial charge in [0.05, 0.1) is 5.56 Å². The molecule has 0 aromatic heterocycles. The number of fused-ring (bicyclic) bond motifs is 3. The molecule has 140 valence electrons. The van der Waals surface area contributed by atoms with Crippen LogP contribution in [0.1, 0.15) is 27.0 Å². The highest BCUT2D eigenvalue weighted by Gasteiger charge is 2.31. The van der Waals surface area contributed by atoms with Crippen LogP contribution < -0.4 is 0 Å². The molecule has 0 atom stereocenters. The van der Waals surface area contributed by atoms with Gasteiger partial charge in [-0.25, -0.2) is 4.79 Å². The zero-order chi connectivity index (χ0) is 20.5. The van der Waals surface area contributed by atoms with Crippen LogP contribution in [0.3, 0.4) is 0 Å². The van der Waals surface area contributed by atoms with E-state index in [1.807, 2.05) is 12.1 Å². The van der Waals surface area contributed by atoms with Gasteiger partial charge in [0.25, 0.3) is 10.1 Å². The van der Waals surface area contributed by atoms with Crippen molar-refractivity contribution in [1.82, 2.24) is 0 Å². The lowest BCUT2D eigenvalue weighted by Crippen LogP contribution is -2.15. The van der Waals surface area contributed by atoms with Gasteiger partial charge >= 0.3 is 5.97 Å². The minimum absolute atomic E-state index is 0.0671. The third kappa shape index (κ3) is 3.52. The van der Waals surface area contributed by atoms with Gasteiger partial charge in [0.15, 0.2) is 0 Å². The van der Waals surface area contributed by atoms with E-state index in [0.717, 1.165) is 0 Å². The van der Waals surface area contributed by atoms with Crippen LogP contribution in [0.4, 0.5) is 0 Å². The largest absolute Gasteiger partial charge is 0.461 e. The summed E-state index contributed by atoms with van der Waals surface area (Å²) in [6.07, 6.45) is 0. The molecule has 7 nitrogen and oxygen atoms in total. The third-order valence-electron chi connectivity index (χ3n) is 4.29. The summed E-state index contributed by atoms with van der Waals surface area (Å²) in [5, 5.41) is 18.8. The minimum Gasteiger partial charge on any atom is -0.461 e. The van der Waals surface area contributed by atoms with E-state index < -0.39 is 28.4 Å². The van der Waals surface area contributed by atoms with E-state index in [4.69, 9.17) is 9.29 Å². The van der Waals surface area contributed by atoms with Crippen LogP contribution in [-0.4, -0.2) is 31.3 Å². The van der Waals surface area contributed by atoms with Crippen LogP contribution in [0.15, 0.2) is 42.0 Å². The Morgan fingerprint density at radius 1 is 1.11 bits per heavy atom. The van der Waals surface area contributed by atoms with Crippen molar-refractivity contribution in [2.45, 2.75) is 6.92 Å². The van der Waals surface area contributed by atoms with Crippen molar-refractivity contribution >= 4 is 21.7 Å². The van der Waals surface area contributed by atoms with Gasteiger partial charge in [0, 0.05) is 11.1 Å². The maximum atomic E-state index is 12.6. The summed E-state index contributed by atoms with van der Waals surface area (Å²) in [6, 6.07) is 14.3. The molecule has 28 heavy (non-hydrogen) atoms. The summed E-state index contributed by atoms with van der Waals surface area (Å²) >= 11 is 0. The molecule has 2 aromatic carbocycles. The minimum atomic E-state index is -4.25. The molecular formula is C20H14N2O5S. The number of hydrogen-bond acceptors (Lipinski definition) is 6. The number of ether oxygens (including phenoxy) is 1. The topological polar surface area (TPSA) is 128 Å². The molecule has 8 heteroatoms. The van der Waals surface area contributed by atoms with Gasteiger partial charge in [0.1, 0.15) is 30.1 Å². The zero-order valence-corrected chi connectivity index (χ0v) is 15.6. The molecule has 0 unspecified atom stereocenters. The quantitative estimate of drug-likeness (QED) is 0.409. The first-order valence-corrected chi connectivity index (χ1v) is 9.79. The van der Waals surface area contributed by atoms with E-state index in [0.29, 0.717) is 33.4 Å². The lowest BCUT2D eigenvalue weighted by molar-refractivity contribution is 0.0529. The summed E-state index contributed by atoms with van der Waals surface area (Å²) < 4.78 is 35.5. The van der Waals surface area contributed by atoms with Gasteiger partial charge in [-0.1, -0.05) is 30.3 Å². The monoisotopic (exact) mass is 394 g/mol. The second-order valence-corrected chi connectivity index (χ2v) is 7.75. The van der Waals surface area contributed by atoms with Crippen molar-refractivity contribution in [3.63, 3.8) is 0 Å². The Balaban J connectivity index is 2.18. The third-order valence-corrected chi connectivity index (χ3v) is 4.97. The maximum absolute atomic E-state index is 12.6. The van der Waals surface area contributed by atoms with Gasteiger partial charge in [-0.3, -0.25) is 4.55 Å². The number of benzene rings is 2. The Morgan fingerprint density at radius 3 is 2.36 bits per heavy atom. The molecule has 0 aliphatic heterocycles. The van der Waals surface area contributed by atoms with Crippen LogP contribution in [0, 0.1) is 29.6 Å². The van der Waals surface area contributed by atoms with Crippen LogP contribution in [0.5, 0.6) is 0 Å². The van der Waals surface area contributed by atoms with Gasteiger partial charge in [-0.15, -0.1) is 0 Å². The summed E-state index contributed by atoms with van der Waals surface area (Å²) in [5.74, 6) is -1.46. The Bertz CT molecular complexity index is 1200. The first-order chi connectivity index (χ1) is 13.3. The first kappa shape index (κ1) is 19.3. The van der Waals surface area contributed by atoms with Crippen molar-refractivity contribution in [3.05, 3.63) is 64.2 Å². The number of carbonyl (C=O) groups is 1. The van der Waals surface area contributed by atoms with Crippen molar-refractivity contribution in [3.8, 4) is 23.3 Å². The number of nitriles is 2. The predicted octanol–water partition coefficient (Wildman–Crippen LogP) is 2.87. The molecule has 0 amide bonds. The Labute approximate surface area is 161 Å². The molecule has 0 heterocycles. The van der Waals surface area contributed by atoms with E-state index in [-0.39, 0.29) is 11.1 Å². The molecular weight excluding hydrogens is 380 g/mol. The number of aryl methyl sites for hydroxylation is 1. The van der Waals surface area contributed by atoms with Crippen LogP contribution in [0.2, 0.25) is 0 Å². The molecule has 1 aliphatic carbocycles. The molecule has 0 bridgehead atoms. The van der Waals surface area contributed by atoms with Gasteiger partial charge < -0.3 is 4.74 Å². The summed E-state index contributed by atoms with van der Waals surface area (Å²) in [6.45, 7) is 1.26. The second-order valence-electron chi connectivity index (χ2n) is 6.18. The fourth-order valence-corrected chi connectivity index (χ4v) is 3.52. The molecule has 0 saturated carbocycles. The predicted molar refractivity (Wildman–Crippen MR) is 101 cm³/mol. The average Bonchev–Trinajstić information content (AvgIpc) is 2.95. The highest BCUT2D eigenvalue weighted by atomic mass is 32.2. The summed E-state index contributed by atoms with van der Waals surface area (Å²) in [5.41, 5.74) is 3.72. The SMILES string of the molecule is Cc1cc(C(=O)OCCS(=O)(=O)O)c2c(c1)C(=C(C#N)C#N)c1ccccc1-2. The average molecular weight is 394 g/mol. The van der Waals surface area contributed by atoms with Crippen molar-refractivity contribution in [2.24, 2.45) is 0 Å². The Morgan fingerprint density at radius 2 is 1.75 bits per heavy atom. The van der Waals surface area contributed by atoms with Gasteiger partial charge in [0.2, 0.25) is 0 Å². The molecule has 3 rings (SSSR count). The Kier molecular flexibility index (Phi) is 5.02. The standard InChI is InChI=1S/C20H14N2O5S/c1-12-8-16-18(13(10-21)11-22)14-4-2-3-5-15(14)19(16)17(9-12)20(23)27-6-7-28(24,25)26/h2-5,8-9H,6-7H2,1H3,(H,24,25,26). The van der Waals surface area contributed by atoms with E-state index >= 15 is 0 Å². The van der Waals surface area contributed by atoms with Gasteiger partial charge in [-0.05, 0) is 35.2 Å². The number of rotatable bonds is 4. The van der Waals surface area contributed by atoms with E-state index in [1.54, 1.807) is 43.3 Å². The second kappa shape index (κ2) is 7.28. The first-order valence-electron chi connectivity index (χ1n) is 8.18. The van der Waals surface area contributed by atoms with Crippen LogP contribution in [0.25, 0.3) is 16.7 Å². The van der Waals surface area contributed by atoms with Crippen LogP contribution >= 0.6 is 0 Å². The van der Waals surface area contributed by atoms with E-state index in [2.05, 4.69) is 0 Å². The maximum Gasteiger partial charge on any atom is 0.338 e. The van der Waals surface area contributed by atoms with Crippen molar-refractivity contribution < 1.29 is 22.5 Å². The highest BCUT2D eigenvalue weighted by Crippen LogP contribution is 2.47. The van der Waals surface area contributed by atoms with Crippen molar-refractivity contribution in [2.75, 3.05) is 12.4 Å². The molecule has 1 aliphatic rings. The van der Waals surface area contributed by atoms with Crippen LogP contribution in [-0.2, 0) is 14.9 Å². The van der Waals surface area contributed by atoms with E-state index in [1.165, 1.54) is 0 Å². The normalized spacial score (nSPS) is 11.8. The molecule has 1 N–H and O–H groups in total. The number of carbonyl (C=O) groups excluding carboxylic acids is 1. The fraction of sp³-hybridized carbons (Fsp3) is 0.150. The molecule has 2 aromatic rings. The number of allylic oxidation sites excluding steroid dienone is 1. The Hall–Kier alpha value is -3.46. The fourth-order valence-electron chi connectivity index (χ4n) is 3.22. The highest BCUT2D eigenvalue weighted by molar-refractivity contribution is 7.85. The zero-order valence-electron chi connectivity index (χ0n) is 14.8. The number of hydrogen-bond donors (Lipinski definition) is 1. The summed E-state index contributed by atoms with van der Waals surface area (Å²) in [4.78, 5) is 12.6. The lowest BCUT2D eigenvalue weighted by atomic mass is 9.95. The smallest absolute Gasteiger partial charge is 0.338 e. The van der Waals surface area contributed by atoms with Crippen molar-refractivity contribution in [1.29, 1.82) is 10.5 Å². The van der Waals surface area contributed by atoms with Gasteiger partial charge in [-0.2, -0.15) is 18.9 Å². The molecule has 0 saturated heterocycles. The molecule has 0 radical (unpaired) electrons.